The van der Waals surface area contributed by atoms with Crippen LogP contribution in [0.3, 0.4) is 0 Å². The molecule has 2 aromatic rings. The van der Waals surface area contributed by atoms with E-state index < -0.39 is 0 Å². The van der Waals surface area contributed by atoms with Crippen LogP contribution in [0.2, 0.25) is 0 Å². The predicted octanol–water partition coefficient (Wildman–Crippen LogP) is 3.68. The molecule has 0 aliphatic heterocycles. The summed E-state index contributed by atoms with van der Waals surface area (Å²) in [4.78, 5) is 1.29. The molecule has 18 heavy (non-hydrogen) atoms. The molecule has 3 heteroatoms. The molecule has 0 radical (unpaired) electrons. The van der Waals surface area contributed by atoms with Gasteiger partial charge in [0.1, 0.15) is 5.76 Å². The molecule has 0 saturated carbocycles. The first-order valence-corrected chi connectivity index (χ1v) is 7.42. The molecule has 0 spiro atoms. The van der Waals surface area contributed by atoms with E-state index in [-0.39, 0.29) is 0 Å². The number of benzene rings is 1. The fraction of sp³-hybridized carbons (Fsp3) is 0.333. The van der Waals surface area contributed by atoms with Gasteiger partial charge in [0.05, 0.1) is 6.26 Å². The number of rotatable bonds is 6. The third-order valence-electron chi connectivity index (χ3n) is 3.19. The van der Waals surface area contributed by atoms with E-state index in [2.05, 4.69) is 30.5 Å². The molecule has 0 bridgehead atoms. The van der Waals surface area contributed by atoms with E-state index in [1.807, 2.05) is 12.1 Å². The summed E-state index contributed by atoms with van der Waals surface area (Å²) in [5.41, 5.74) is 7.20. The molecule has 0 aliphatic carbocycles. The van der Waals surface area contributed by atoms with Gasteiger partial charge in [-0.3, -0.25) is 0 Å². The molecule has 1 heterocycles. The Morgan fingerprint density at radius 2 is 2.00 bits per heavy atom. The molecule has 0 aliphatic rings. The van der Waals surface area contributed by atoms with Crippen molar-refractivity contribution in [1.82, 2.24) is 0 Å². The first-order valence-electron chi connectivity index (χ1n) is 6.20. The van der Waals surface area contributed by atoms with E-state index in [0.29, 0.717) is 12.5 Å². The highest BCUT2D eigenvalue weighted by molar-refractivity contribution is 7.98. The monoisotopic (exact) mass is 261 g/mol. The lowest BCUT2D eigenvalue weighted by atomic mass is 9.94. The Bertz CT molecular complexity index is 450. The summed E-state index contributed by atoms with van der Waals surface area (Å²) in [6.07, 6.45) is 5.79. The predicted molar refractivity (Wildman–Crippen MR) is 77.0 cm³/mol. The van der Waals surface area contributed by atoms with Crippen molar-refractivity contribution in [2.24, 2.45) is 5.73 Å². The minimum absolute atomic E-state index is 0.408. The third-order valence-corrected chi connectivity index (χ3v) is 3.93. The van der Waals surface area contributed by atoms with Crippen molar-refractivity contribution < 1.29 is 4.42 Å². The zero-order valence-electron chi connectivity index (χ0n) is 10.6. The van der Waals surface area contributed by atoms with Gasteiger partial charge in [0.2, 0.25) is 0 Å². The first kappa shape index (κ1) is 13.2. The van der Waals surface area contributed by atoms with Gasteiger partial charge in [-0.1, -0.05) is 12.1 Å². The molecule has 1 aromatic heterocycles. The summed E-state index contributed by atoms with van der Waals surface area (Å²) in [6, 6.07) is 12.6. The van der Waals surface area contributed by atoms with Crippen LogP contribution < -0.4 is 5.73 Å². The fourth-order valence-electron chi connectivity index (χ4n) is 2.07. The van der Waals surface area contributed by atoms with Crippen molar-refractivity contribution in [3.63, 3.8) is 0 Å². The van der Waals surface area contributed by atoms with Crippen LogP contribution in [-0.4, -0.2) is 12.8 Å². The van der Waals surface area contributed by atoms with E-state index >= 15 is 0 Å². The van der Waals surface area contributed by atoms with Crippen LogP contribution in [0, 0.1) is 0 Å². The number of furan rings is 1. The maximum Gasteiger partial charge on any atom is 0.103 e. The van der Waals surface area contributed by atoms with Gasteiger partial charge in [0.25, 0.3) is 0 Å². The zero-order valence-corrected chi connectivity index (χ0v) is 11.5. The SMILES string of the molecule is CSc1ccc(C(CN)CCc2ccco2)cc1. The number of hydrogen-bond donors (Lipinski definition) is 1. The van der Waals surface area contributed by atoms with Gasteiger partial charge in [-0.2, -0.15) is 0 Å². The largest absolute Gasteiger partial charge is 0.469 e. The molecular weight excluding hydrogens is 242 g/mol. The Balaban J connectivity index is 1.98. The zero-order chi connectivity index (χ0) is 12.8. The summed E-state index contributed by atoms with van der Waals surface area (Å²) in [5, 5.41) is 0. The van der Waals surface area contributed by atoms with Gasteiger partial charge in [0, 0.05) is 11.3 Å². The second kappa shape index (κ2) is 6.66. The second-order valence-corrected chi connectivity index (χ2v) is 5.20. The van der Waals surface area contributed by atoms with Gasteiger partial charge in [-0.25, -0.2) is 0 Å². The van der Waals surface area contributed by atoms with Gasteiger partial charge in [-0.05, 0) is 55.0 Å². The van der Waals surface area contributed by atoms with Crippen molar-refractivity contribution in [2.45, 2.75) is 23.7 Å². The van der Waals surface area contributed by atoms with Crippen LogP contribution in [0.5, 0.6) is 0 Å². The smallest absolute Gasteiger partial charge is 0.103 e. The van der Waals surface area contributed by atoms with Gasteiger partial charge in [-0.15, -0.1) is 11.8 Å². The summed E-state index contributed by atoms with van der Waals surface area (Å²) >= 11 is 1.76. The second-order valence-electron chi connectivity index (χ2n) is 4.32. The summed E-state index contributed by atoms with van der Waals surface area (Å²) in [7, 11) is 0. The topological polar surface area (TPSA) is 39.2 Å². The lowest BCUT2D eigenvalue weighted by molar-refractivity contribution is 0.487. The lowest BCUT2D eigenvalue weighted by Gasteiger charge is -2.14. The Labute approximate surface area is 113 Å². The molecule has 96 valence electrons. The lowest BCUT2D eigenvalue weighted by Crippen LogP contribution is -2.13. The summed E-state index contributed by atoms with van der Waals surface area (Å²) in [6.45, 7) is 0.680. The maximum absolute atomic E-state index is 5.88. The number of thioether (sulfide) groups is 1. The van der Waals surface area contributed by atoms with Crippen LogP contribution in [0.4, 0.5) is 0 Å². The summed E-state index contributed by atoms with van der Waals surface area (Å²) < 4.78 is 5.36. The molecule has 2 nitrogen and oxygen atoms in total. The van der Waals surface area contributed by atoms with E-state index in [1.165, 1.54) is 10.5 Å². The molecule has 1 atom stereocenters. The number of hydrogen-bond acceptors (Lipinski definition) is 3. The Morgan fingerprint density at radius 1 is 1.22 bits per heavy atom. The van der Waals surface area contributed by atoms with Crippen LogP contribution in [0.25, 0.3) is 0 Å². The normalized spacial score (nSPS) is 12.6. The number of nitrogens with two attached hydrogens (primary N) is 1. The van der Waals surface area contributed by atoms with E-state index in [9.17, 15) is 0 Å². The van der Waals surface area contributed by atoms with E-state index in [1.54, 1.807) is 18.0 Å². The fourth-order valence-corrected chi connectivity index (χ4v) is 2.48. The molecule has 0 saturated heterocycles. The molecule has 2 rings (SSSR count). The van der Waals surface area contributed by atoms with Gasteiger partial charge < -0.3 is 10.2 Å². The van der Waals surface area contributed by atoms with Crippen LogP contribution >= 0.6 is 11.8 Å². The van der Waals surface area contributed by atoms with Crippen LogP contribution in [0.15, 0.2) is 52.0 Å². The van der Waals surface area contributed by atoms with Crippen molar-refractivity contribution in [3.8, 4) is 0 Å². The molecule has 1 aromatic carbocycles. The van der Waals surface area contributed by atoms with E-state index in [4.69, 9.17) is 10.2 Å². The Kier molecular flexibility index (Phi) is 4.90. The molecule has 0 amide bonds. The maximum atomic E-state index is 5.88. The standard InChI is InChI=1S/C15H19NOS/c1-18-15-8-5-12(6-9-15)13(11-16)4-7-14-3-2-10-17-14/h2-3,5-6,8-10,13H,4,7,11,16H2,1H3. The molecule has 1 unspecified atom stereocenters. The van der Waals surface area contributed by atoms with Crippen molar-refractivity contribution in [2.75, 3.05) is 12.8 Å². The summed E-state index contributed by atoms with van der Waals surface area (Å²) in [5.74, 6) is 1.44. The van der Waals surface area contributed by atoms with Crippen molar-refractivity contribution in [3.05, 3.63) is 54.0 Å². The average Bonchev–Trinajstić information content (AvgIpc) is 2.93. The Hall–Kier alpha value is -1.19. The van der Waals surface area contributed by atoms with Crippen LogP contribution in [-0.2, 0) is 6.42 Å². The quantitative estimate of drug-likeness (QED) is 0.806. The highest BCUT2D eigenvalue weighted by atomic mass is 32.2. The first-order chi connectivity index (χ1) is 8.83. The highest BCUT2D eigenvalue weighted by Crippen LogP contribution is 2.23. The molecular formula is C15H19NOS. The molecule has 0 fully saturated rings. The third kappa shape index (κ3) is 3.40. The minimum atomic E-state index is 0.408. The molecule has 2 N–H and O–H groups in total. The average molecular weight is 261 g/mol. The van der Waals surface area contributed by atoms with Gasteiger partial charge >= 0.3 is 0 Å². The number of aryl methyl sites for hydroxylation is 1. The highest BCUT2D eigenvalue weighted by Gasteiger charge is 2.10. The van der Waals surface area contributed by atoms with Crippen molar-refractivity contribution in [1.29, 1.82) is 0 Å². The van der Waals surface area contributed by atoms with Gasteiger partial charge in [0.15, 0.2) is 0 Å². The minimum Gasteiger partial charge on any atom is -0.469 e. The van der Waals surface area contributed by atoms with Crippen LogP contribution in [0.1, 0.15) is 23.7 Å². The van der Waals surface area contributed by atoms with E-state index in [0.717, 1.165) is 18.6 Å². The van der Waals surface area contributed by atoms with Crippen molar-refractivity contribution >= 4 is 11.8 Å². The Morgan fingerprint density at radius 3 is 2.56 bits per heavy atom.